The number of thioether (sulfide) groups is 1. The van der Waals surface area contributed by atoms with Crippen molar-refractivity contribution in [1.82, 2.24) is 9.55 Å². The first-order valence-corrected chi connectivity index (χ1v) is 6.25. The average molecular weight is 275 g/mol. The molecule has 9 heteroatoms. The zero-order chi connectivity index (χ0) is 12.6. The van der Waals surface area contributed by atoms with Gasteiger partial charge in [-0.05, 0) is 0 Å². The lowest BCUT2D eigenvalue weighted by molar-refractivity contribution is -0.147. The number of nitrogen functional groups attached to an aromatic ring is 1. The molecule has 1 fully saturated rings. The Labute approximate surface area is 103 Å². The number of anilines is 1. The maximum Gasteiger partial charge on any atom is 0.351 e. The molecule has 92 valence electrons. The van der Waals surface area contributed by atoms with Crippen molar-refractivity contribution in [3.63, 3.8) is 0 Å². The van der Waals surface area contributed by atoms with Gasteiger partial charge < -0.3 is 15.6 Å². The highest BCUT2D eigenvalue weighted by Gasteiger charge is 2.32. The fraction of sp³-hybridized carbons (Fsp3) is 0.375. The van der Waals surface area contributed by atoms with Crippen LogP contribution in [0.15, 0.2) is 11.0 Å². The Morgan fingerprint density at radius 3 is 3.06 bits per heavy atom. The molecule has 0 spiro atoms. The van der Waals surface area contributed by atoms with Crippen molar-refractivity contribution in [2.75, 3.05) is 11.5 Å². The Balaban J connectivity index is 2.28. The largest absolute Gasteiger partial charge is 0.479 e. The highest BCUT2D eigenvalue weighted by molar-refractivity contribution is 8.00. The third-order valence-electron chi connectivity index (χ3n) is 2.19. The topological polar surface area (TPSA) is 107 Å². The van der Waals surface area contributed by atoms with Gasteiger partial charge in [0.1, 0.15) is 12.0 Å². The number of hydrogen-bond acceptors (Lipinski definition) is 6. The summed E-state index contributed by atoms with van der Waals surface area (Å²) in [5.74, 6) is -0.538. The molecule has 0 saturated carbocycles. The van der Waals surface area contributed by atoms with Crippen LogP contribution in [0.2, 0.25) is 0 Å². The van der Waals surface area contributed by atoms with Crippen molar-refractivity contribution in [2.45, 2.75) is 11.7 Å². The Kier molecular flexibility index (Phi) is 3.37. The molecule has 2 heterocycles. The summed E-state index contributed by atoms with van der Waals surface area (Å²) in [6.45, 7) is 0. The number of carbonyl (C=O) groups is 1. The van der Waals surface area contributed by atoms with Crippen LogP contribution in [0.3, 0.4) is 0 Å². The van der Waals surface area contributed by atoms with Gasteiger partial charge >= 0.3 is 11.7 Å². The van der Waals surface area contributed by atoms with Crippen LogP contribution in [-0.2, 0) is 9.53 Å². The van der Waals surface area contributed by atoms with Crippen molar-refractivity contribution in [3.8, 4) is 0 Å². The van der Waals surface area contributed by atoms with E-state index in [1.54, 1.807) is 0 Å². The van der Waals surface area contributed by atoms with Gasteiger partial charge in [-0.1, -0.05) is 9.24 Å². The van der Waals surface area contributed by atoms with Crippen LogP contribution in [0.25, 0.3) is 0 Å². The van der Waals surface area contributed by atoms with Gasteiger partial charge in [-0.15, -0.1) is 11.8 Å². The molecule has 0 aromatic carbocycles. The van der Waals surface area contributed by atoms with E-state index in [4.69, 9.17) is 15.6 Å². The minimum Gasteiger partial charge on any atom is -0.479 e. The van der Waals surface area contributed by atoms with Crippen LogP contribution >= 0.6 is 21.0 Å². The predicted octanol–water partition coefficient (Wildman–Crippen LogP) is -1.00. The number of ether oxygens (including phenoxy) is 1. The number of hydrogen-bond donors (Lipinski definition) is 2. The maximum absolute atomic E-state index is 11.6. The minimum atomic E-state index is -1.06. The molecule has 1 aromatic rings. The van der Waals surface area contributed by atoms with Crippen LogP contribution in [0.1, 0.15) is 6.23 Å². The summed E-state index contributed by atoms with van der Waals surface area (Å²) < 4.78 is 6.47. The van der Waals surface area contributed by atoms with E-state index in [9.17, 15) is 9.59 Å². The molecule has 0 aliphatic carbocycles. The molecule has 0 bridgehead atoms. The van der Waals surface area contributed by atoms with Gasteiger partial charge in [0.25, 0.3) is 0 Å². The predicted molar refractivity (Wildman–Crippen MR) is 66.3 cm³/mol. The number of rotatable bonds is 2. The number of nitrogens with two attached hydrogens (primary N) is 1. The van der Waals surface area contributed by atoms with E-state index in [0.717, 1.165) is 11.8 Å². The lowest BCUT2D eigenvalue weighted by atomic mass is 10.5. The third-order valence-corrected chi connectivity index (χ3v) is 3.73. The maximum atomic E-state index is 11.6. The second-order valence-electron chi connectivity index (χ2n) is 3.37. The van der Waals surface area contributed by atoms with Gasteiger partial charge in [0.2, 0.25) is 5.44 Å². The van der Waals surface area contributed by atoms with Crippen LogP contribution in [-0.4, -0.2) is 31.8 Å². The summed E-state index contributed by atoms with van der Waals surface area (Å²) in [6, 6.07) is 0. The monoisotopic (exact) mass is 275 g/mol. The normalized spacial score (nSPS) is 23.8. The molecule has 1 aliphatic heterocycles. The Morgan fingerprint density at radius 2 is 2.47 bits per heavy atom. The molecule has 3 atom stereocenters. The van der Waals surface area contributed by atoms with E-state index in [1.165, 1.54) is 10.8 Å². The molecule has 3 N–H and O–H groups in total. The summed E-state index contributed by atoms with van der Waals surface area (Å²) in [4.78, 5) is 25.9. The number of aliphatic carboxylic acids is 1. The molecule has 1 aromatic heterocycles. The van der Waals surface area contributed by atoms with E-state index >= 15 is 0 Å². The van der Waals surface area contributed by atoms with Crippen LogP contribution in [0, 0.1) is 0 Å². The first-order chi connectivity index (χ1) is 7.99. The van der Waals surface area contributed by atoms with Gasteiger partial charge in [-0.2, -0.15) is 4.98 Å². The zero-order valence-corrected chi connectivity index (χ0v) is 10.5. The minimum absolute atomic E-state index is 0.136. The molecular weight excluding hydrogens is 265 g/mol. The second kappa shape index (κ2) is 4.64. The lowest BCUT2D eigenvalue weighted by Crippen LogP contribution is -2.32. The van der Waals surface area contributed by atoms with Crippen molar-refractivity contribution >= 4 is 38.1 Å². The highest BCUT2D eigenvalue weighted by Crippen LogP contribution is 2.30. The number of carboxylic acids is 1. The van der Waals surface area contributed by atoms with E-state index in [2.05, 4.69) is 14.2 Å². The van der Waals surface area contributed by atoms with Crippen molar-refractivity contribution in [3.05, 3.63) is 16.7 Å². The quantitative estimate of drug-likeness (QED) is 0.666. The summed E-state index contributed by atoms with van der Waals surface area (Å²) in [7, 11) is 2.35. The first kappa shape index (κ1) is 12.3. The average Bonchev–Trinajstić information content (AvgIpc) is 2.72. The van der Waals surface area contributed by atoms with Crippen molar-refractivity contribution in [1.29, 1.82) is 0 Å². The second-order valence-corrected chi connectivity index (χ2v) is 5.08. The smallest absolute Gasteiger partial charge is 0.351 e. The lowest BCUT2D eigenvalue weighted by Gasteiger charge is -2.13. The summed E-state index contributed by atoms with van der Waals surface area (Å²) in [5, 5.41) is 9.34. The molecule has 17 heavy (non-hydrogen) atoms. The molecule has 0 amide bonds. The molecule has 2 rings (SSSR count). The fourth-order valence-corrected chi connectivity index (χ4v) is 2.52. The summed E-state index contributed by atoms with van der Waals surface area (Å²) in [5.41, 5.74) is 3.98. The highest BCUT2D eigenvalue weighted by atomic mass is 32.2. The summed E-state index contributed by atoms with van der Waals surface area (Å²) >= 11 is 1.12. The van der Waals surface area contributed by atoms with Crippen molar-refractivity contribution < 1.29 is 14.6 Å². The number of carboxylic acid groups (broad SMARTS) is 1. The van der Waals surface area contributed by atoms with E-state index in [0.29, 0.717) is 11.1 Å². The zero-order valence-electron chi connectivity index (χ0n) is 8.57. The van der Waals surface area contributed by atoms with Crippen LogP contribution in [0.4, 0.5) is 5.82 Å². The fourth-order valence-electron chi connectivity index (χ4n) is 1.37. The van der Waals surface area contributed by atoms with Gasteiger partial charge in [0.05, 0.1) is 0 Å². The van der Waals surface area contributed by atoms with Gasteiger partial charge in [-0.25, -0.2) is 9.59 Å². The Bertz CT molecular complexity index is 520. The van der Waals surface area contributed by atoms with Gasteiger partial charge in [-0.3, -0.25) is 4.57 Å². The third kappa shape index (κ3) is 2.43. The van der Waals surface area contributed by atoms with Gasteiger partial charge in [0, 0.05) is 17.3 Å². The van der Waals surface area contributed by atoms with Crippen LogP contribution in [0.5, 0.6) is 0 Å². The van der Waals surface area contributed by atoms with Crippen LogP contribution < -0.4 is 16.7 Å². The molecule has 1 saturated heterocycles. The molecule has 7 nitrogen and oxygen atoms in total. The SMILES string of the molecule is Nc1nc(=O)n([C@H]2CS[C@@H](C(=O)O)O2)cc1P. The molecular formula is C8H10N3O4PS. The molecule has 0 radical (unpaired) electrons. The van der Waals surface area contributed by atoms with Gasteiger partial charge in [0.15, 0.2) is 0 Å². The van der Waals surface area contributed by atoms with E-state index in [-0.39, 0.29) is 5.82 Å². The molecule has 1 unspecified atom stereocenters. The van der Waals surface area contributed by atoms with E-state index in [1.807, 2.05) is 0 Å². The Hall–Kier alpha value is -1.11. The first-order valence-electron chi connectivity index (χ1n) is 4.63. The number of nitrogens with zero attached hydrogens (tertiary/aromatic N) is 2. The van der Waals surface area contributed by atoms with Crippen molar-refractivity contribution in [2.24, 2.45) is 0 Å². The summed E-state index contributed by atoms with van der Waals surface area (Å²) in [6.07, 6.45) is 0.867. The van der Waals surface area contributed by atoms with E-state index < -0.39 is 23.3 Å². The Morgan fingerprint density at radius 1 is 1.76 bits per heavy atom. The molecule has 1 aliphatic rings. The standard InChI is InChI=1S/C8H10N3O4PS/c9-5-3(16)1-11(8(14)10-5)4-2-17-7(15-4)6(12)13/h1,4,7H,2,16H2,(H,12,13)(H2,9,10,14)/t4-,7+/m1/s1. The number of aromatic nitrogens is 2.